The second kappa shape index (κ2) is 4.92. The smallest absolute Gasteiger partial charge is 0.260 e. The first kappa shape index (κ1) is 10.9. The van der Waals surface area contributed by atoms with Crippen LogP contribution in [0, 0.1) is 13.8 Å². The van der Waals surface area contributed by atoms with Crippen LogP contribution in [0.1, 0.15) is 11.1 Å². The molecular weight excluding hydrogens is 220 g/mol. The molecule has 0 aliphatic heterocycles. The van der Waals surface area contributed by atoms with Crippen molar-refractivity contribution in [2.45, 2.75) is 13.8 Å². The van der Waals surface area contributed by atoms with Crippen molar-refractivity contribution in [2.24, 2.45) is 0 Å². The zero-order valence-electron chi connectivity index (χ0n) is 7.79. The van der Waals surface area contributed by atoms with Crippen molar-refractivity contribution in [1.82, 2.24) is 8.75 Å². The number of rotatable bonds is 0. The molecule has 0 bridgehead atoms. The highest BCUT2D eigenvalue weighted by atomic mass is 32.1. The molecule has 4 nitrogen and oxygen atoms in total. The Kier molecular flexibility index (Phi) is 3.84. The third-order valence-electron chi connectivity index (χ3n) is 1.49. The Morgan fingerprint density at radius 3 is 1.36 bits per heavy atom. The molecule has 0 radical (unpaired) electrons. The van der Waals surface area contributed by atoms with Crippen LogP contribution in [0.5, 0.6) is 0 Å². The van der Waals surface area contributed by atoms with Crippen LogP contribution in [-0.4, -0.2) is 8.75 Å². The van der Waals surface area contributed by atoms with E-state index in [1.54, 1.807) is 24.6 Å². The molecule has 0 saturated carbocycles. The predicted molar refractivity (Wildman–Crippen MR) is 59.4 cm³/mol. The Hall–Kier alpha value is -1.14. The van der Waals surface area contributed by atoms with E-state index in [2.05, 4.69) is 8.75 Å². The van der Waals surface area contributed by atoms with Crippen LogP contribution in [0.25, 0.3) is 0 Å². The van der Waals surface area contributed by atoms with Gasteiger partial charge in [0.15, 0.2) is 0 Å². The fourth-order valence-electron chi connectivity index (χ4n) is 0.611. The summed E-state index contributed by atoms with van der Waals surface area (Å²) in [4.78, 5) is 20.7. The van der Waals surface area contributed by atoms with Crippen molar-refractivity contribution in [3.05, 3.63) is 42.6 Å². The third kappa shape index (κ3) is 2.97. The summed E-state index contributed by atoms with van der Waals surface area (Å²) < 4.78 is 5.11. The van der Waals surface area contributed by atoms with Crippen molar-refractivity contribution >= 4 is 23.1 Å². The van der Waals surface area contributed by atoms with Crippen LogP contribution in [0.2, 0.25) is 0 Å². The molecule has 0 aliphatic carbocycles. The van der Waals surface area contributed by atoms with E-state index >= 15 is 0 Å². The van der Waals surface area contributed by atoms with Gasteiger partial charge in [0.1, 0.15) is 0 Å². The van der Waals surface area contributed by atoms with E-state index in [1.807, 2.05) is 0 Å². The Morgan fingerprint density at radius 1 is 0.929 bits per heavy atom. The molecule has 0 aliphatic rings. The number of hydrogen-bond donors (Lipinski definition) is 2. The first-order chi connectivity index (χ1) is 6.61. The van der Waals surface area contributed by atoms with Gasteiger partial charge in [0.05, 0.1) is 0 Å². The van der Waals surface area contributed by atoms with Gasteiger partial charge in [0.2, 0.25) is 0 Å². The molecule has 0 fully saturated rings. The summed E-state index contributed by atoms with van der Waals surface area (Å²) >= 11 is 2.66. The quantitative estimate of drug-likeness (QED) is 0.720. The zero-order valence-corrected chi connectivity index (χ0v) is 9.42. The van der Waals surface area contributed by atoms with E-state index < -0.39 is 0 Å². The molecule has 0 amide bonds. The molecule has 2 heterocycles. The lowest BCUT2D eigenvalue weighted by atomic mass is 10.4. The maximum absolute atomic E-state index is 10.4. The summed E-state index contributed by atoms with van der Waals surface area (Å²) in [5.41, 5.74) is 1.66. The van der Waals surface area contributed by atoms with E-state index in [9.17, 15) is 9.59 Å². The fraction of sp³-hybridized carbons (Fsp3) is 0.250. The minimum absolute atomic E-state index is 0.0324. The number of aromatic nitrogens is 2. The van der Waals surface area contributed by atoms with Crippen LogP contribution in [0.4, 0.5) is 0 Å². The summed E-state index contributed by atoms with van der Waals surface area (Å²) in [6, 6.07) is 0. The van der Waals surface area contributed by atoms with Crippen LogP contribution in [0.15, 0.2) is 20.3 Å². The van der Waals surface area contributed by atoms with Gasteiger partial charge in [-0.25, -0.2) is 0 Å². The second-order valence-corrected chi connectivity index (χ2v) is 4.05. The van der Waals surface area contributed by atoms with Crippen LogP contribution in [0.3, 0.4) is 0 Å². The minimum atomic E-state index is 0.0324. The third-order valence-corrected chi connectivity index (χ3v) is 3.04. The molecule has 0 atom stereocenters. The lowest BCUT2D eigenvalue weighted by Gasteiger charge is -1.64. The van der Waals surface area contributed by atoms with Crippen molar-refractivity contribution in [2.75, 3.05) is 0 Å². The van der Waals surface area contributed by atoms with E-state index in [-0.39, 0.29) is 11.1 Å². The number of aromatic amines is 2. The Balaban J connectivity index is 0.000000140. The monoisotopic (exact) mass is 230 g/mol. The van der Waals surface area contributed by atoms with Gasteiger partial charge in [-0.15, -0.1) is 0 Å². The maximum atomic E-state index is 10.4. The summed E-state index contributed by atoms with van der Waals surface area (Å²) in [5.74, 6) is 0. The molecule has 2 rings (SSSR count). The number of aryl methyl sites for hydroxylation is 2. The van der Waals surface area contributed by atoms with Gasteiger partial charge in [-0.1, -0.05) is 23.1 Å². The van der Waals surface area contributed by atoms with Crippen LogP contribution < -0.4 is 11.1 Å². The largest absolute Gasteiger partial charge is 0.278 e. The van der Waals surface area contributed by atoms with Crippen molar-refractivity contribution in [3.63, 3.8) is 0 Å². The highest BCUT2D eigenvalue weighted by molar-refractivity contribution is 7.03. The predicted octanol–water partition coefficient (Wildman–Crippen LogP) is 1.49. The van der Waals surface area contributed by atoms with E-state index in [0.717, 1.165) is 11.1 Å². The van der Waals surface area contributed by atoms with E-state index in [4.69, 9.17) is 0 Å². The molecule has 2 aromatic rings. The van der Waals surface area contributed by atoms with E-state index in [0.29, 0.717) is 0 Å². The first-order valence-corrected chi connectivity index (χ1v) is 5.62. The van der Waals surface area contributed by atoms with E-state index in [1.165, 1.54) is 23.1 Å². The molecular formula is C8H10N2O2S2. The van der Waals surface area contributed by atoms with Gasteiger partial charge in [0.25, 0.3) is 11.1 Å². The Morgan fingerprint density at radius 2 is 1.29 bits per heavy atom. The average molecular weight is 230 g/mol. The van der Waals surface area contributed by atoms with Gasteiger partial charge in [0, 0.05) is 21.9 Å². The molecule has 0 unspecified atom stereocenters. The molecule has 6 heteroatoms. The van der Waals surface area contributed by atoms with Crippen molar-refractivity contribution in [1.29, 1.82) is 0 Å². The van der Waals surface area contributed by atoms with Gasteiger partial charge < -0.3 is 0 Å². The molecule has 0 aromatic carbocycles. The normalized spacial score (nSPS) is 9.29. The number of H-pyrrole nitrogens is 2. The van der Waals surface area contributed by atoms with Crippen molar-refractivity contribution < 1.29 is 0 Å². The summed E-state index contributed by atoms with van der Waals surface area (Å²) in [7, 11) is 0. The maximum Gasteiger partial charge on any atom is 0.260 e. The SMILES string of the molecule is Cc1cs[nH]c1=O.Cc1cs[nH]c1=O. The summed E-state index contributed by atoms with van der Waals surface area (Å²) in [6.45, 7) is 3.57. The summed E-state index contributed by atoms with van der Waals surface area (Å²) in [5, 5.41) is 3.59. The summed E-state index contributed by atoms with van der Waals surface area (Å²) in [6.07, 6.45) is 0. The molecule has 2 aromatic heterocycles. The number of hydrogen-bond acceptors (Lipinski definition) is 4. The van der Waals surface area contributed by atoms with Gasteiger partial charge >= 0.3 is 0 Å². The van der Waals surface area contributed by atoms with Crippen molar-refractivity contribution in [3.8, 4) is 0 Å². The van der Waals surface area contributed by atoms with Gasteiger partial charge in [-0.2, -0.15) is 0 Å². The highest BCUT2D eigenvalue weighted by Crippen LogP contribution is 1.89. The second-order valence-electron chi connectivity index (χ2n) is 2.70. The van der Waals surface area contributed by atoms with Gasteiger partial charge in [-0.05, 0) is 13.8 Å². The molecule has 0 spiro atoms. The van der Waals surface area contributed by atoms with Crippen LogP contribution >= 0.6 is 23.1 Å². The molecule has 76 valence electrons. The minimum Gasteiger partial charge on any atom is -0.278 e. The molecule has 2 N–H and O–H groups in total. The average Bonchev–Trinajstić information content (AvgIpc) is 2.67. The zero-order chi connectivity index (χ0) is 10.6. The highest BCUT2D eigenvalue weighted by Gasteiger charge is 1.87. The number of nitrogens with one attached hydrogen (secondary N) is 2. The first-order valence-electron chi connectivity index (χ1n) is 3.87. The van der Waals surface area contributed by atoms with Crippen LogP contribution in [-0.2, 0) is 0 Å². The fourth-order valence-corrected chi connectivity index (χ4v) is 1.83. The molecule has 0 saturated heterocycles. The molecule has 14 heavy (non-hydrogen) atoms. The Bertz CT molecular complexity index is 445. The Labute approximate surface area is 88.5 Å². The standard InChI is InChI=1S/2C4H5NOS/c2*1-3-2-7-5-4(3)6/h2*2H,1H3,(H,5,6). The topological polar surface area (TPSA) is 65.7 Å². The lowest BCUT2D eigenvalue weighted by Crippen LogP contribution is -1.98. The lowest BCUT2D eigenvalue weighted by molar-refractivity contribution is 1.34. The van der Waals surface area contributed by atoms with Gasteiger partial charge in [-0.3, -0.25) is 18.3 Å².